The molecular formula is C44H39BrF6N6O9. The molecule has 0 saturated carbocycles. The lowest BCUT2D eigenvalue weighted by atomic mass is 10.0. The number of Topliss-reactive ketones (excluding diaryl/α,β-unsaturated/α-hetero) is 2. The third-order valence-corrected chi connectivity index (χ3v) is 10.4. The van der Waals surface area contributed by atoms with Gasteiger partial charge in [-0.1, -0.05) is 15.9 Å². The lowest BCUT2D eigenvalue weighted by Gasteiger charge is -2.15. The number of rotatable bonds is 16. The molecule has 0 saturated heterocycles. The summed E-state index contributed by atoms with van der Waals surface area (Å²) in [7, 11) is 5.36. The van der Waals surface area contributed by atoms with Crippen molar-refractivity contribution in [2.45, 2.75) is 44.6 Å². The SMILES string of the molecule is COc1cc(-c2cnc3cc(-c4cnn(CCOC(=O)O)c4)ccn23)cc(OC)c1C(=O)CCC(F)(F)F.COc1cc(-c2cnc3cc(Br)ccn23)cc(OC)c1C(=O)CCC(F)(F)F. The Morgan fingerprint density at radius 3 is 1.53 bits per heavy atom. The summed E-state index contributed by atoms with van der Waals surface area (Å²) in [5.74, 6) is -0.947. The standard InChI is InChI=1S/C25H23F3N4O6.C19H16BrF3N2O3/c1-36-20-9-16(10-21(37-2)23(20)19(33)3-5-25(26,27)28)18-13-29-22-11-15(4-6-32(18)22)17-12-30-31(14-17)7-8-38-24(34)35;1-27-15-7-11(13-10-24-17-9-12(20)4-6-25(13)17)8-16(28-2)18(15)14(26)3-5-19(21,22)23/h4,6,9-14H,3,5,7-8H2,1-2H3,(H,34,35);4,6-10H,3,5H2,1-2H3. The van der Waals surface area contributed by atoms with Crippen molar-refractivity contribution in [3.05, 3.63) is 101 Å². The molecular weight excluding hydrogens is 950 g/mol. The fourth-order valence-electron chi connectivity index (χ4n) is 6.83. The van der Waals surface area contributed by atoms with Crippen molar-refractivity contribution in [2.24, 2.45) is 0 Å². The van der Waals surface area contributed by atoms with E-state index >= 15 is 0 Å². The number of halogens is 7. The molecule has 2 aromatic carbocycles. The van der Waals surface area contributed by atoms with Crippen LogP contribution >= 0.6 is 15.9 Å². The van der Waals surface area contributed by atoms with Crippen LogP contribution in [0.25, 0.3) is 44.9 Å². The second-order valence-corrected chi connectivity index (χ2v) is 15.1. The molecule has 66 heavy (non-hydrogen) atoms. The van der Waals surface area contributed by atoms with Crippen LogP contribution in [0.5, 0.6) is 23.0 Å². The zero-order valence-electron chi connectivity index (χ0n) is 35.4. The van der Waals surface area contributed by atoms with Crippen molar-refractivity contribution >= 4 is 44.9 Å². The molecule has 22 heteroatoms. The Morgan fingerprint density at radius 1 is 0.636 bits per heavy atom. The third-order valence-electron chi connectivity index (χ3n) is 9.93. The van der Waals surface area contributed by atoms with Crippen molar-refractivity contribution in [1.82, 2.24) is 28.5 Å². The van der Waals surface area contributed by atoms with Gasteiger partial charge in [0.15, 0.2) is 11.6 Å². The Morgan fingerprint density at radius 2 is 1.09 bits per heavy atom. The molecule has 0 radical (unpaired) electrons. The van der Waals surface area contributed by atoms with Gasteiger partial charge in [0.25, 0.3) is 0 Å². The van der Waals surface area contributed by atoms with E-state index in [2.05, 4.69) is 35.7 Å². The van der Waals surface area contributed by atoms with Crippen LogP contribution in [0.15, 0.2) is 90.2 Å². The molecule has 0 aliphatic heterocycles. The molecule has 0 unspecified atom stereocenters. The van der Waals surface area contributed by atoms with E-state index < -0.39 is 55.8 Å². The first-order valence-corrected chi connectivity index (χ1v) is 20.3. The number of aromatic nitrogens is 6. The lowest BCUT2D eigenvalue weighted by Crippen LogP contribution is -2.12. The second-order valence-electron chi connectivity index (χ2n) is 14.2. The van der Waals surface area contributed by atoms with Gasteiger partial charge in [0.1, 0.15) is 52.0 Å². The summed E-state index contributed by atoms with van der Waals surface area (Å²) < 4.78 is 107. The number of hydrogen-bond acceptors (Lipinski definition) is 11. The first-order valence-electron chi connectivity index (χ1n) is 19.5. The number of methoxy groups -OCH3 is 4. The topological polar surface area (TPSA) is 170 Å². The van der Waals surface area contributed by atoms with Crippen molar-refractivity contribution in [3.8, 4) is 56.6 Å². The van der Waals surface area contributed by atoms with Gasteiger partial charge in [-0.05, 0) is 54.1 Å². The van der Waals surface area contributed by atoms with Crippen LogP contribution in [0.4, 0.5) is 31.1 Å². The van der Waals surface area contributed by atoms with Gasteiger partial charge in [0.2, 0.25) is 0 Å². The molecule has 5 aromatic heterocycles. The fraction of sp³-hybridized carbons (Fsp3) is 0.273. The first kappa shape index (κ1) is 48.4. The van der Waals surface area contributed by atoms with Crippen LogP contribution in [0, 0.1) is 0 Å². The van der Waals surface area contributed by atoms with Gasteiger partial charge in [0.05, 0.1) is 77.8 Å². The van der Waals surface area contributed by atoms with Gasteiger partial charge in [-0.3, -0.25) is 23.1 Å². The smallest absolute Gasteiger partial charge is 0.496 e. The number of fused-ring (bicyclic) bond motifs is 2. The minimum Gasteiger partial charge on any atom is -0.496 e. The van der Waals surface area contributed by atoms with E-state index in [1.54, 1.807) is 64.3 Å². The summed E-state index contributed by atoms with van der Waals surface area (Å²) >= 11 is 3.39. The monoisotopic (exact) mass is 988 g/mol. The largest absolute Gasteiger partial charge is 0.505 e. The zero-order valence-corrected chi connectivity index (χ0v) is 37.0. The average molecular weight is 990 g/mol. The highest BCUT2D eigenvalue weighted by atomic mass is 79.9. The number of alkyl halides is 6. The Balaban J connectivity index is 0.000000229. The summed E-state index contributed by atoms with van der Waals surface area (Å²) in [5, 5.41) is 12.8. The lowest BCUT2D eigenvalue weighted by molar-refractivity contribution is -0.134. The average Bonchev–Trinajstić information content (AvgIpc) is 4.04. The van der Waals surface area contributed by atoms with E-state index in [1.165, 1.54) is 28.4 Å². The molecule has 5 heterocycles. The normalized spacial score (nSPS) is 11.6. The third kappa shape index (κ3) is 11.6. The van der Waals surface area contributed by atoms with E-state index in [-0.39, 0.29) is 47.3 Å². The molecule has 0 aliphatic carbocycles. The number of imidazole rings is 2. The molecule has 0 atom stereocenters. The summed E-state index contributed by atoms with van der Waals surface area (Å²) in [6.07, 6.45) is -3.81. The Bertz CT molecular complexity index is 2840. The van der Waals surface area contributed by atoms with E-state index in [0.29, 0.717) is 33.8 Å². The van der Waals surface area contributed by atoms with Crippen LogP contribution in [-0.4, -0.2) is 98.8 Å². The number of ether oxygens (including phenoxy) is 5. The van der Waals surface area contributed by atoms with Crippen LogP contribution in [0.2, 0.25) is 0 Å². The predicted octanol–water partition coefficient (Wildman–Crippen LogP) is 10.4. The van der Waals surface area contributed by atoms with Crippen LogP contribution in [0.1, 0.15) is 46.4 Å². The first-order chi connectivity index (χ1) is 31.3. The molecule has 0 spiro atoms. The van der Waals surface area contributed by atoms with E-state index in [1.807, 2.05) is 34.9 Å². The highest BCUT2D eigenvalue weighted by Gasteiger charge is 2.32. The maximum absolute atomic E-state index is 12.7. The van der Waals surface area contributed by atoms with Gasteiger partial charge in [-0.15, -0.1) is 0 Å². The molecule has 0 aliphatic rings. The van der Waals surface area contributed by atoms with Gasteiger partial charge < -0.3 is 28.8 Å². The predicted molar refractivity (Wildman–Crippen MR) is 230 cm³/mol. The zero-order chi connectivity index (χ0) is 47.9. The summed E-state index contributed by atoms with van der Waals surface area (Å²) in [6, 6.07) is 13.7. The highest BCUT2D eigenvalue weighted by molar-refractivity contribution is 9.10. The minimum atomic E-state index is -4.46. The van der Waals surface area contributed by atoms with Gasteiger partial charge in [0, 0.05) is 52.6 Å². The van der Waals surface area contributed by atoms with E-state index in [0.717, 1.165) is 15.6 Å². The van der Waals surface area contributed by atoms with Crippen LogP contribution < -0.4 is 18.9 Å². The Labute approximate surface area is 379 Å². The van der Waals surface area contributed by atoms with Crippen molar-refractivity contribution in [1.29, 1.82) is 0 Å². The van der Waals surface area contributed by atoms with Crippen molar-refractivity contribution in [3.63, 3.8) is 0 Å². The molecule has 0 amide bonds. The second kappa shape index (κ2) is 20.4. The van der Waals surface area contributed by atoms with Gasteiger partial charge in [-0.2, -0.15) is 31.4 Å². The number of ketones is 2. The van der Waals surface area contributed by atoms with Crippen molar-refractivity contribution in [2.75, 3.05) is 35.0 Å². The van der Waals surface area contributed by atoms with E-state index in [4.69, 9.17) is 24.1 Å². The van der Waals surface area contributed by atoms with Gasteiger partial charge in [-0.25, -0.2) is 14.8 Å². The number of carbonyl (C=O) groups excluding carboxylic acids is 2. The molecule has 7 aromatic rings. The van der Waals surface area contributed by atoms with E-state index in [9.17, 15) is 40.7 Å². The Kier molecular flexibility index (Phi) is 14.9. The van der Waals surface area contributed by atoms with Gasteiger partial charge >= 0.3 is 18.5 Å². The molecule has 1 N–H and O–H groups in total. The fourth-order valence-corrected chi connectivity index (χ4v) is 7.16. The summed E-state index contributed by atoms with van der Waals surface area (Å²) in [6.45, 7) is 0.235. The molecule has 0 fully saturated rings. The molecule has 15 nitrogen and oxygen atoms in total. The molecule has 7 rings (SSSR count). The number of nitrogens with zero attached hydrogens (tertiary/aromatic N) is 6. The van der Waals surface area contributed by atoms with Crippen LogP contribution in [0.3, 0.4) is 0 Å². The number of carboxylic acid groups (broad SMARTS) is 1. The maximum Gasteiger partial charge on any atom is 0.505 e. The number of pyridine rings is 2. The highest BCUT2D eigenvalue weighted by Crippen LogP contribution is 2.39. The quantitative estimate of drug-likeness (QED) is 0.0553. The maximum atomic E-state index is 12.7. The van der Waals surface area contributed by atoms with Crippen LogP contribution in [-0.2, 0) is 11.3 Å². The Hall–Kier alpha value is -7.10. The summed E-state index contributed by atoms with van der Waals surface area (Å²) in [5.41, 5.74) is 5.44. The molecule has 0 bridgehead atoms. The summed E-state index contributed by atoms with van der Waals surface area (Å²) in [4.78, 5) is 44.3. The van der Waals surface area contributed by atoms with Crippen molar-refractivity contribution < 1.29 is 69.5 Å². The molecule has 348 valence electrons. The number of benzene rings is 2. The number of hydrogen-bond donors (Lipinski definition) is 1. The minimum absolute atomic E-state index is 0.00503. The number of carbonyl (C=O) groups is 3.